The predicted molar refractivity (Wildman–Crippen MR) is 92.5 cm³/mol. The molecule has 1 atom stereocenters. The summed E-state index contributed by atoms with van der Waals surface area (Å²) < 4.78 is 17.8. The van der Waals surface area contributed by atoms with Crippen LogP contribution in [0.2, 0.25) is 0 Å². The maximum atomic E-state index is 12.5. The topological polar surface area (TPSA) is 76.4 Å². The molecule has 6 heteroatoms. The Morgan fingerprint density at radius 2 is 1.92 bits per heavy atom. The molecule has 122 valence electrons. The smallest absolute Gasteiger partial charge is 0.181 e. The molecule has 3 N–H and O–H groups in total. The fourth-order valence-electron chi connectivity index (χ4n) is 2.17. The highest BCUT2D eigenvalue weighted by Gasteiger charge is 2.04. The molecule has 0 amide bonds. The van der Waals surface area contributed by atoms with Gasteiger partial charge in [-0.3, -0.25) is 5.43 Å². The number of hydrazone groups is 1. The Labute approximate surface area is 139 Å². The maximum absolute atomic E-state index is 12.5. The Kier molecular flexibility index (Phi) is 4.98. The third kappa shape index (κ3) is 3.85. The first-order valence-electron chi connectivity index (χ1n) is 7.46. The minimum absolute atomic E-state index is 0.570. The number of oxazole rings is 1. The van der Waals surface area contributed by atoms with Crippen LogP contribution in [0.4, 0.5) is 10.1 Å². The molecule has 0 radical (unpaired) electrons. The predicted octanol–water partition coefficient (Wildman–Crippen LogP) is 3.76. The van der Waals surface area contributed by atoms with Crippen LogP contribution in [0.1, 0.15) is 17.2 Å². The zero-order valence-electron chi connectivity index (χ0n) is 12.9. The van der Waals surface area contributed by atoms with Crippen molar-refractivity contribution in [3.05, 3.63) is 72.2 Å². The number of benzene rings is 2. The standard InChI is InChI=1S/C18H17FN4O/c19-9-17(20)14-3-1-13(2-4-14)10-22-23-16-7-5-15(6-8-16)18-11-21-12-24-18/h1-8,10-12,17,23H,9,20H2. The summed E-state index contributed by atoms with van der Waals surface area (Å²) in [5.41, 5.74) is 12.1. The summed E-state index contributed by atoms with van der Waals surface area (Å²) in [6, 6.07) is 14.4. The van der Waals surface area contributed by atoms with Crippen molar-refractivity contribution in [2.75, 3.05) is 12.1 Å². The van der Waals surface area contributed by atoms with Gasteiger partial charge in [0.2, 0.25) is 0 Å². The number of hydrogen-bond acceptors (Lipinski definition) is 5. The lowest BCUT2D eigenvalue weighted by Gasteiger charge is -2.06. The highest BCUT2D eigenvalue weighted by molar-refractivity contribution is 5.80. The second-order valence-corrected chi connectivity index (χ2v) is 5.24. The molecular weight excluding hydrogens is 307 g/mol. The maximum Gasteiger partial charge on any atom is 0.181 e. The number of anilines is 1. The van der Waals surface area contributed by atoms with Crippen molar-refractivity contribution < 1.29 is 8.81 Å². The Morgan fingerprint density at radius 1 is 1.17 bits per heavy atom. The third-order valence-corrected chi connectivity index (χ3v) is 3.54. The minimum atomic E-state index is -0.572. The average molecular weight is 324 g/mol. The summed E-state index contributed by atoms with van der Waals surface area (Å²) in [5, 5.41) is 4.18. The Balaban J connectivity index is 1.60. The summed E-state index contributed by atoms with van der Waals surface area (Å²) in [6.45, 7) is -0.570. The molecule has 0 spiro atoms. The van der Waals surface area contributed by atoms with Gasteiger partial charge in [-0.2, -0.15) is 5.10 Å². The molecule has 0 saturated carbocycles. The van der Waals surface area contributed by atoms with Crippen molar-refractivity contribution in [1.29, 1.82) is 0 Å². The highest BCUT2D eigenvalue weighted by atomic mass is 19.1. The molecular formula is C18H17FN4O. The van der Waals surface area contributed by atoms with E-state index in [-0.39, 0.29) is 0 Å². The number of halogens is 1. The lowest BCUT2D eigenvalue weighted by atomic mass is 10.1. The quantitative estimate of drug-likeness (QED) is 0.535. The van der Waals surface area contributed by atoms with E-state index in [4.69, 9.17) is 10.2 Å². The SMILES string of the molecule is NC(CF)c1ccc(C=NNc2ccc(-c3cnco3)cc2)cc1. The number of nitrogens with one attached hydrogen (secondary N) is 1. The van der Waals surface area contributed by atoms with Crippen molar-refractivity contribution in [2.24, 2.45) is 10.8 Å². The summed E-state index contributed by atoms with van der Waals surface area (Å²) in [7, 11) is 0. The largest absolute Gasteiger partial charge is 0.444 e. The second kappa shape index (κ2) is 7.52. The molecule has 1 aromatic heterocycles. The van der Waals surface area contributed by atoms with Gasteiger partial charge in [0.15, 0.2) is 12.2 Å². The molecule has 2 aromatic carbocycles. The fourth-order valence-corrected chi connectivity index (χ4v) is 2.17. The van der Waals surface area contributed by atoms with Crippen LogP contribution in [0.15, 0.2) is 70.6 Å². The lowest BCUT2D eigenvalue weighted by Crippen LogP contribution is -2.11. The van der Waals surface area contributed by atoms with Crippen LogP contribution in [-0.2, 0) is 0 Å². The Bertz CT molecular complexity index is 783. The number of alkyl halides is 1. The molecule has 24 heavy (non-hydrogen) atoms. The monoisotopic (exact) mass is 324 g/mol. The van der Waals surface area contributed by atoms with Crippen molar-refractivity contribution in [1.82, 2.24) is 4.98 Å². The number of nitrogens with zero attached hydrogens (tertiary/aromatic N) is 2. The van der Waals surface area contributed by atoms with E-state index in [1.54, 1.807) is 24.5 Å². The molecule has 1 unspecified atom stereocenters. The Morgan fingerprint density at radius 3 is 2.54 bits per heavy atom. The zero-order valence-corrected chi connectivity index (χ0v) is 12.9. The van der Waals surface area contributed by atoms with Crippen LogP contribution in [0.3, 0.4) is 0 Å². The summed E-state index contributed by atoms with van der Waals surface area (Å²) in [6.07, 6.45) is 4.76. The van der Waals surface area contributed by atoms with Gasteiger partial charge in [-0.1, -0.05) is 24.3 Å². The minimum Gasteiger partial charge on any atom is -0.444 e. The summed E-state index contributed by atoms with van der Waals surface area (Å²) in [4.78, 5) is 3.89. The van der Waals surface area contributed by atoms with Gasteiger partial charge in [-0.05, 0) is 35.4 Å². The van der Waals surface area contributed by atoms with Gasteiger partial charge in [0.25, 0.3) is 0 Å². The van der Waals surface area contributed by atoms with Gasteiger partial charge in [-0.25, -0.2) is 9.37 Å². The van der Waals surface area contributed by atoms with E-state index < -0.39 is 12.7 Å². The number of aromatic nitrogens is 1. The molecule has 0 aliphatic rings. The normalized spacial score (nSPS) is 12.4. The molecule has 0 fully saturated rings. The van der Waals surface area contributed by atoms with Gasteiger partial charge < -0.3 is 10.2 Å². The van der Waals surface area contributed by atoms with Crippen LogP contribution in [-0.4, -0.2) is 17.9 Å². The molecule has 5 nitrogen and oxygen atoms in total. The highest BCUT2D eigenvalue weighted by Crippen LogP contribution is 2.20. The first-order valence-corrected chi connectivity index (χ1v) is 7.46. The third-order valence-electron chi connectivity index (χ3n) is 3.54. The van der Waals surface area contributed by atoms with Gasteiger partial charge in [-0.15, -0.1) is 0 Å². The lowest BCUT2D eigenvalue weighted by molar-refractivity contribution is 0.437. The number of rotatable bonds is 6. The summed E-state index contributed by atoms with van der Waals surface area (Å²) >= 11 is 0. The average Bonchev–Trinajstić information content (AvgIpc) is 3.17. The van der Waals surface area contributed by atoms with Crippen LogP contribution >= 0.6 is 0 Å². The van der Waals surface area contributed by atoms with Crippen molar-refractivity contribution in [3.63, 3.8) is 0 Å². The molecule has 3 aromatic rings. The second-order valence-electron chi connectivity index (χ2n) is 5.24. The van der Waals surface area contributed by atoms with Crippen molar-refractivity contribution in [3.8, 4) is 11.3 Å². The van der Waals surface area contributed by atoms with Crippen LogP contribution in [0, 0.1) is 0 Å². The van der Waals surface area contributed by atoms with E-state index in [0.29, 0.717) is 0 Å². The molecule has 0 aliphatic carbocycles. The van der Waals surface area contributed by atoms with Gasteiger partial charge >= 0.3 is 0 Å². The van der Waals surface area contributed by atoms with E-state index in [1.807, 2.05) is 36.4 Å². The summed E-state index contributed by atoms with van der Waals surface area (Å²) in [5.74, 6) is 0.719. The molecule has 0 saturated heterocycles. The Hall–Kier alpha value is -2.99. The van der Waals surface area contributed by atoms with E-state index in [2.05, 4.69) is 15.5 Å². The molecule has 0 bridgehead atoms. The van der Waals surface area contributed by atoms with Crippen molar-refractivity contribution >= 4 is 11.9 Å². The zero-order chi connectivity index (χ0) is 16.8. The van der Waals surface area contributed by atoms with E-state index in [0.717, 1.165) is 28.1 Å². The number of nitrogens with two attached hydrogens (primary N) is 1. The van der Waals surface area contributed by atoms with E-state index in [9.17, 15) is 4.39 Å². The first kappa shape index (κ1) is 15.9. The fraction of sp³-hybridized carbons (Fsp3) is 0.111. The van der Waals surface area contributed by atoms with Crippen LogP contribution < -0.4 is 11.2 Å². The first-order chi connectivity index (χ1) is 11.8. The van der Waals surface area contributed by atoms with Gasteiger partial charge in [0.1, 0.15) is 6.67 Å². The van der Waals surface area contributed by atoms with Crippen molar-refractivity contribution in [2.45, 2.75) is 6.04 Å². The van der Waals surface area contributed by atoms with E-state index >= 15 is 0 Å². The molecule has 1 heterocycles. The van der Waals surface area contributed by atoms with Crippen LogP contribution in [0.25, 0.3) is 11.3 Å². The molecule has 3 rings (SSSR count). The van der Waals surface area contributed by atoms with E-state index in [1.165, 1.54) is 6.39 Å². The van der Waals surface area contributed by atoms with Gasteiger partial charge in [0.05, 0.1) is 24.1 Å². The van der Waals surface area contributed by atoms with Gasteiger partial charge in [0, 0.05) is 5.56 Å². The molecule has 0 aliphatic heterocycles. The van der Waals surface area contributed by atoms with Crippen LogP contribution in [0.5, 0.6) is 0 Å². The number of hydrogen-bond donors (Lipinski definition) is 2.